The molecule has 0 amide bonds. The standard InChI is InChI=1S/C8H16O3S.K/c1-6-3-4-8(7(2)5-6)12(9,10)11;/h6-8H,3-5H2,1-2H3,(H,9,10,11);/q;+1/p-1. The Morgan fingerprint density at radius 2 is 1.77 bits per heavy atom. The maximum Gasteiger partial charge on any atom is 1.00 e. The fraction of sp³-hybridized carbons (Fsp3) is 1.00. The van der Waals surface area contributed by atoms with Crippen LogP contribution in [0.25, 0.3) is 0 Å². The van der Waals surface area contributed by atoms with E-state index in [0.717, 1.165) is 12.8 Å². The van der Waals surface area contributed by atoms with Gasteiger partial charge in [0.25, 0.3) is 0 Å². The first-order chi connectivity index (χ1) is 5.41. The van der Waals surface area contributed by atoms with Crippen molar-refractivity contribution in [2.24, 2.45) is 11.8 Å². The Hall–Kier alpha value is 1.55. The van der Waals surface area contributed by atoms with Gasteiger partial charge in [-0.3, -0.25) is 0 Å². The quantitative estimate of drug-likeness (QED) is 0.401. The molecule has 3 unspecified atom stereocenters. The third-order valence-corrected chi connectivity index (χ3v) is 4.17. The predicted octanol–water partition coefficient (Wildman–Crippen LogP) is -1.64. The molecule has 1 aliphatic rings. The van der Waals surface area contributed by atoms with E-state index in [9.17, 15) is 13.0 Å². The smallest absolute Gasteiger partial charge is 0.748 e. The van der Waals surface area contributed by atoms with Crippen molar-refractivity contribution in [3.8, 4) is 0 Å². The van der Waals surface area contributed by atoms with Gasteiger partial charge in [-0.25, -0.2) is 8.42 Å². The summed E-state index contributed by atoms with van der Waals surface area (Å²) >= 11 is 0. The van der Waals surface area contributed by atoms with Crippen LogP contribution < -0.4 is 51.4 Å². The van der Waals surface area contributed by atoms with E-state index in [-0.39, 0.29) is 57.3 Å². The summed E-state index contributed by atoms with van der Waals surface area (Å²) in [7, 11) is -4.05. The molecule has 3 atom stereocenters. The second kappa shape index (κ2) is 5.58. The van der Waals surface area contributed by atoms with Gasteiger partial charge in [-0.2, -0.15) is 0 Å². The van der Waals surface area contributed by atoms with Crippen molar-refractivity contribution in [1.82, 2.24) is 0 Å². The van der Waals surface area contributed by atoms with Crippen LogP contribution in [0.3, 0.4) is 0 Å². The molecule has 1 fully saturated rings. The van der Waals surface area contributed by atoms with Crippen molar-refractivity contribution < 1.29 is 64.4 Å². The zero-order valence-electron chi connectivity index (χ0n) is 8.49. The third kappa shape index (κ3) is 4.28. The molecule has 13 heavy (non-hydrogen) atoms. The molecule has 0 aliphatic heterocycles. The molecule has 0 aromatic carbocycles. The van der Waals surface area contributed by atoms with Gasteiger partial charge in [0.05, 0.1) is 15.4 Å². The molecule has 0 saturated heterocycles. The van der Waals surface area contributed by atoms with Crippen LogP contribution in [0.5, 0.6) is 0 Å². The molecule has 1 aliphatic carbocycles. The molecule has 0 spiro atoms. The summed E-state index contributed by atoms with van der Waals surface area (Å²) in [5.74, 6) is 0.606. The van der Waals surface area contributed by atoms with Crippen LogP contribution in [0.4, 0.5) is 0 Å². The molecule has 0 heterocycles. The largest absolute Gasteiger partial charge is 1.00 e. The zero-order chi connectivity index (χ0) is 9.35. The van der Waals surface area contributed by atoms with Gasteiger partial charge < -0.3 is 4.55 Å². The SMILES string of the molecule is CC1CCC(S(=O)(=O)[O-])C(C)C1.[K+]. The van der Waals surface area contributed by atoms with Crippen molar-refractivity contribution in [1.29, 1.82) is 0 Å². The first kappa shape index (κ1) is 14.5. The maximum absolute atomic E-state index is 10.7. The van der Waals surface area contributed by atoms with E-state index < -0.39 is 15.4 Å². The topological polar surface area (TPSA) is 57.2 Å². The molecule has 0 bridgehead atoms. The van der Waals surface area contributed by atoms with E-state index in [4.69, 9.17) is 0 Å². The average Bonchev–Trinajstić information content (AvgIpc) is 1.83. The van der Waals surface area contributed by atoms with Gasteiger partial charge in [0.15, 0.2) is 0 Å². The van der Waals surface area contributed by atoms with E-state index in [1.54, 1.807) is 0 Å². The van der Waals surface area contributed by atoms with Gasteiger partial charge in [0.1, 0.15) is 0 Å². The van der Waals surface area contributed by atoms with E-state index in [1.807, 2.05) is 6.92 Å². The van der Waals surface area contributed by atoms with Gasteiger partial charge in [-0.1, -0.05) is 13.8 Å². The second-order valence-corrected chi connectivity index (χ2v) is 5.52. The molecule has 72 valence electrons. The van der Waals surface area contributed by atoms with Gasteiger partial charge in [0, 0.05) is 0 Å². The summed E-state index contributed by atoms with van der Waals surface area (Å²) in [6.07, 6.45) is 2.29. The van der Waals surface area contributed by atoms with Crippen molar-refractivity contribution in [3.63, 3.8) is 0 Å². The molecule has 0 aromatic heterocycles. The predicted molar refractivity (Wildman–Crippen MR) is 45.7 cm³/mol. The van der Waals surface area contributed by atoms with E-state index in [1.165, 1.54) is 0 Å². The van der Waals surface area contributed by atoms with Crippen molar-refractivity contribution in [2.45, 2.75) is 38.4 Å². The monoisotopic (exact) mass is 230 g/mol. The van der Waals surface area contributed by atoms with Crippen molar-refractivity contribution in [2.75, 3.05) is 0 Å². The summed E-state index contributed by atoms with van der Waals surface area (Å²) in [6.45, 7) is 3.96. The van der Waals surface area contributed by atoms with E-state index >= 15 is 0 Å². The molecule has 0 radical (unpaired) electrons. The Kier molecular flexibility index (Phi) is 6.25. The summed E-state index contributed by atoms with van der Waals surface area (Å²) in [4.78, 5) is 0. The summed E-state index contributed by atoms with van der Waals surface area (Å²) in [5, 5.41) is -0.631. The first-order valence-corrected chi connectivity index (χ1v) is 5.83. The summed E-state index contributed by atoms with van der Waals surface area (Å²) < 4.78 is 32.2. The Balaban J connectivity index is 0.00000144. The van der Waals surface area contributed by atoms with Gasteiger partial charge >= 0.3 is 51.4 Å². The minimum atomic E-state index is -4.05. The van der Waals surface area contributed by atoms with Crippen LogP contribution in [0.2, 0.25) is 0 Å². The Morgan fingerprint density at radius 3 is 2.15 bits per heavy atom. The Bertz CT molecular complexity index is 250. The number of rotatable bonds is 1. The minimum absolute atomic E-state index is 0. The third-order valence-electron chi connectivity index (χ3n) is 2.72. The number of hydrogen-bond donors (Lipinski definition) is 0. The molecule has 0 aromatic rings. The Morgan fingerprint density at radius 1 is 1.23 bits per heavy atom. The molecule has 1 rings (SSSR count). The maximum atomic E-state index is 10.7. The van der Waals surface area contributed by atoms with Crippen LogP contribution in [0.1, 0.15) is 33.1 Å². The molecular formula is C8H15KO3S. The minimum Gasteiger partial charge on any atom is -0.748 e. The Labute approximate surface area is 123 Å². The summed E-state index contributed by atoms with van der Waals surface area (Å²) in [6, 6.07) is 0. The normalized spacial score (nSPS) is 35.2. The van der Waals surface area contributed by atoms with Gasteiger partial charge in [-0.05, 0) is 31.1 Å². The van der Waals surface area contributed by atoms with Crippen molar-refractivity contribution >= 4 is 10.1 Å². The van der Waals surface area contributed by atoms with Gasteiger partial charge in [-0.15, -0.1) is 0 Å². The van der Waals surface area contributed by atoms with Crippen LogP contribution in [0, 0.1) is 11.8 Å². The average molecular weight is 230 g/mol. The molecule has 0 N–H and O–H groups in total. The molecule has 1 saturated carbocycles. The van der Waals surface area contributed by atoms with Crippen molar-refractivity contribution in [3.05, 3.63) is 0 Å². The molecule has 5 heteroatoms. The number of hydrogen-bond acceptors (Lipinski definition) is 3. The van der Waals surface area contributed by atoms with E-state index in [2.05, 4.69) is 6.92 Å². The summed E-state index contributed by atoms with van der Waals surface area (Å²) in [5.41, 5.74) is 0. The first-order valence-electron chi connectivity index (χ1n) is 4.36. The van der Waals surface area contributed by atoms with Gasteiger partial charge in [0.2, 0.25) is 0 Å². The van der Waals surface area contributed by atoms with Crippen LogP contribution in [0.15, 0.2) is 0 Å². The van der Waals surface area contributed by atoms with Crippen LogP contribution in [-0.4, -0.2) is 18.2 Å². The van der Waals surface area contributed by atoms with Crippen LogP contribution in [-0.2, 0) is 10.1 Å². The molecular weight excluding hydrogens is 215 g/mol. The fourth-order valence-corrected chi connectivity index (χ4v) is 3.17. The van der Waals surface area contributed by atoms with E-state index in [0.29, 0.717) is 12.3 Å². The molecule has 3 nitrogen and oxygen atoms in total. The fourth-order valence-electron chi connectivity index (χ4n) is 2.07. The van der Waals surface area contributed by atoms with Crippen LogP contribution >= 0.6 is 0 Å². The second-order valence-electron chi connectivity index (χ2n) is 3.93. The zero-order valence-corrected chi connectivity index (χ0v) is 12.4.